The second-order valence-electron chi connectivity index (χ2n) is 5.32. The van der Waals surface area contributed by atoms with E-state index in [1.54, 1.807) is 6.92 Å². The summed E-state index contributed by atoms with van der Waals surface area (Å²) in [6.45, 7) is 5.31. The van der Waals surface area contributed by atoms with Crippen LogP contribution in [0.2, 0.25) is 0 Å². The van der Waals surface area contributed by atoms with Gasteiger partial charge in [0, 0.05) is 12.6 Å². The van der Waals surface area contributed by atoms with Gasteiger partial charge in [-0.05, 0) is 44.9 Å². The van der Waals surface area contributed by atoms with Crippen molar-refractivity contribution in [1.82, 2.24) is 5.32 Å². The molecule has 2 atom stereocenters. The molecule has 1 aliphatic rings. The molecule has 0 aromatic heterocycles. The van der Waals surface area contributed by atoms with Gasteiger partial charge in [-0.2, -0.15) is 0 Å². The maximum atomic E-state index is 13.9. The van der Waals surface area contributed by atoms with Crippen LogP contribution in [0.25, 0.3) is 0 Å². The first-order chi connectivity index (χ1) is 9.07. The highest BCUT2D eigenvalue weighted by molar-refractivity contribution is 5.26. The molecule has 1 aliphatic heterocycles. The molecule has 0 aliphatic carbocycles. The Hall–Kier alpha value is -1.00. The van der Waals surface area contributed by atoms with E-state index < -0.39 is 17.2 Å². The van der Waals surface area contributed by atoms with Crippen LogP contribution >= 0.6 is 0 Å². The van der Waals surface area contributed by atoms with Gasteiger partial charge in [-0.25, -0.2) is 8.78 Å². The number of rotatable bonds is 4. The third-order valence-corrected chi connectivity index (χ3v) is 3.70. The minimum atomic E-state index is -0.890. The molecule has 1 N–H and O–H groups in total. The largest absolute Gasteiger partial charge is 0.370 e. The third kappa shape index (κ3) is 3.12. The molecule has 19 heavy (non-hydrogen) atoms. The Labute approximate surface area is 113 Å². The SMILES string of the molecule is CCCNC1CCOC(C)(c2c(F)cccc2F)C1. The Morgan fingerprint density at radius 1 is 1.37 bits per heavy atom. The quantitative estimate of drug-likeness (QED) is 0.905. The van der Waals surface area contributed by atoms with Crippen molar-refractivity contribution in [3.05, 3.63) is 35.4 Å². The van der Waals surface area contributed by atoms with E-state index in [4.69, 9.17) is 4.74 Å². The van der Waals surface area contributed by atoms with E-state index in [2.05, 4.69) is 12.2 Å². The smallest absolute Gasteiger partial charge is 0.132 e. The molecule has 1 aromatic rings. The minimum absolute atomic E-state index is 0.0537. The molecule has 0 bridgehead atoms. The second kappa shape index (κ2) is 5.97. The lowest BCUT2D eigenvalue weighted by atomic mass is 9.85. The highest BCUT2D eigenvalue weighted by Gasteiger charge is 2.38. The Balaban J connectivity index is 2.21. The fraction of sp³-hybridized carbons (Fsp3) is 0.600. The summed E-state index contributed by atoms with van der Waals surface area (Å²) in [7, 11) is 0. The van der Waals surface area contributed by atoms with Gasteiger partial charge in [0.15, 0.2) is 0 Å². The van der Waals surface area contributed by atoms with Gasteiger partial charge < -0.3 is 10.1 Å². The van der Waals surface area contributed by atoms with E-state index >= 15 is 0 Å². The lowest BCUT2D eigenvalue weighted by Gasteiger charge is -2.39. The van der Waals surface area contributed by atoms with Crippen molar-refractivity contribution in [2.24, 2.45) is 0 Å². The fourth-order valence-corrected chi connectivity index (χ4v) is 2.76. The van der Waals surface area contributed by atoms with Crippen molar-refractivity contribution in [3.63, 3.8) is 0 Å². The summed E-state index contributed by atoms with van der Waals surface area (Å²) in [5.74, 6) is -1.06. The van der Waals surface area contributed by atoms with Crippen LogP contribution in [0, 0.1) is 11.6 Å². The van der Waals surface area contributed by atoms with E-state index in [9.17, 15) is 8.78 Å². The molecule has 0 radical (unpaired) electrons. The summed E-state index contributed by atoms with van der Waals surface area (Å²) in [5, 5.41) is 3.41. The molecule has 2 unspecified atom stereocenters. The van der Waals surface area contributed by atoms with E-state index in [1.807, 2.05) is 0 Å². The number of benzene rings is 1. The minimum Gasteiger partial charge on any atom is -0.370 e. The van der Waals surface area contributed by atoms with E-state index in [0.717, 1.165) is 19.4 Å². The average molecular weight is 269 g/mol. The van der Waals surface area contributed by atoms with Crippen LogP contribution in [0.3, 0.4) is 0 Å². The summed E-state index contributed by atoms with van der Waals surface area (Å²) in [6.07, 6.45) is 2.51. The molecule has 0 amide bonds. The first kappa shape index (κ1) is 14.4. The number of hydrogen-bond acceptors (Lipinski definition) is 2. The van der Waals surface area contributed by atoms with Crippen molar-refractivity contribution in [2.45, 2.75) is 44.8 Å². The van der Waals surface area contributed by atoms with Crippen LogP contribution in [0.15, 0.2) is 18.2 Å². The molecular weight excluding hydrogens is 248 g/mol. The molecule has 1 aromatic carbocycles. The standard InChI is InChI=1S/C15H21F2NO/c1-3-8-18-11-7-9-19-15(2,10-11)14-12(16)5-4-6-13(14)17/h4-6,11,18H,3,7-10H2,1-2H3. The van der Waals surface area contributed by atoms with E-state index in [1.165, 1.54) is 18.2 Å². The molecule has 0 spiro atoms. The van der Waals surface area contributed by atoms with Crippen molar-refractivity contribution in [2.75, 3.05) is 13.2 Å². The van der Waals surface area contributed by atoms with Crippen LogP contribution in [-0.2, 0) is 10.3 Å². The molecule has 2 nitrogen and oxygen atoms in total. The van der Waals surface area contributed by atoms with Gasteiger partial charge >= 0.3 is 0 Å². The Bertz CT molecular complexity index is 418. The lowest BCUT2D eigenvalue weighted by molar-refractivity contribution is -0.0851. The first-order valence-corrected chi connectivity index (χ1v) is 6.88. The lowest BCUT2D eigenvalue weighted by Crippen LogP contribution is -2.44. The van der Waals surface area contributed by atoms with Gasteiger partial charge in [0.2, 0.25) is 0 Å². The molecular formula is C15H21F2NO. The highest BCUT2D eigenvalue weighted by atomic mass is 19.1. The summed E-state index contributed by atoms with van der Waals surface area (Å²) < 4.78 is 33.5. The monoisotopic (exact) mass is 269 g/mol. The number of ether oxygens (including phenoxy) is 1. The van der Waals surface area contributed by atoms with Gasteiger partial charge in [0.25, 0.3) is 0 Å². The van der Waals surface area contributed by atoms with Crippen LogP contribution in [0.1, 0.15) is 38.7 Å². The zero-order valence-electron chi connectivity index (χ0n) is 11.5. The fourth-order valence-electron chi connectivity index (χ4n) is 2.76. The molecule has 0 saturated carbocycles. The van der Waals surface area contributed by atoms with Gasteiger partial charge in [-0.15, -0.1) is 0 Å². The van der Waals surface area contributed by atoms with Crippen molar-refractivity contribution >= 4 is 0 Å². The van der Waals surface area contributed by atoms with Crippen LogP contribution in [0.4, 0.5) is 8.78 Å². The maximum Gasteiger partial charge on any atom is 0.132 e. The molecule has 1 heterocycles. The Morgan fingerprint density at radius 3 is 2.68 bits per heavy atom. The molecule has 2 rings (SSSR count). The highest BCUT2D eigenvalue weighted by Crippen LogP contribution is 2.37. The van der Waals surface area contributed by atoms with E-state index in [-0.39, 0.29) is 11.6 Å². The maximum absolute atomic E-state index is 13.9. The summed E-state index contributed by atoms with van der Waals surface area (Å²) in [4.78, 5) is 0. The number of halogens is 2. The van der Waals surface area contributed by atoms with Crippen molar-refractivity contribution in [3.8, 4) is 0 Å². The zero-order chi connectivity index (χ0) is 13.9. The van der Waals surface area contributed by atoms with Gasteiger partial charge in [-0.1, -0.05) is 13.0 Å². The molecule has 4 heteroatoms. The predicted octanol–water partition coefficient (Wildman–Crippen LogP) is 3.36. The summed E-state index contributed by atoms with van der Waals surface area (Å²) in [6, 6.07) is 4.21. The third-order valence-electron chi connectivity index (χ3n) is 3.70. The summed E-state index contributed by atoms with van der Waals surface area (Å²) >= 11 is 0. The zero-order valence-corrected chi connectivity index (χ0v) is 11.5. The predicted molar refractivity (Wildman–Crippen MR) is 71.0 cm³/mol. The Kier molecular flexibility index (Phi) is 4.53. The normalized spacial score (nSPS) is 27.5. The van der Waals surface area contributed by atoms with Crippen LogP contribution < -0.4 is 5.32 Å². The topological polar surface area (TPSA) is 21.3 Å². The number of nitrogens with one attached hydrogen (secondary N) is 1. The van der Waals surface area contributed by atoms with Crippen LogP contribution in [0.5, 0.6) is 0 Å². The van der Waals surface area contributed by atoms with Gasteiger partial charge in [0.05, 0.1) is 11.2 Å². The second-order valence-corrected chi connectivity index (χ2v) is 5.32. The molecule has 1 fully saturated rings. The van der Waals surface area contributed by atoms with Crippen molar-refractivity contribution in [1.29, 1.82) is 0 Å². The first-order valence-electron chi connectivity index (χ1n) is 6.88. The van der Waals surface area contributed by atoms with E-state index in [0.29, 0.717) is 13.0 Å². The van der Waals surface area contributed by atoms with Crippen molar-refractivity contribution < 1.29 is 13.5 Å². The molecule has 106 valence electrons. The van der Waals surface area contributed by atoms with Crippen LogP contribution in [-0.4, -0.2) is 19.2 Å². The molecule has 1 saturated heterocycles. The summed E-state index contributed by atoms with van der Waals surface area (Å²) in [5.41, 5.74) is -0.836. The Morgan fingerprint density at radius 2 is 2.05 bits per heavy atom. The van der Waals surface area contributed by atoms with Gasteiger partial charge in [-0.3, -0.25) is 0 Å². The number of hydrogen-bond donors (Lipinski definition) is 1. The average Bonchev–Trinajstić information content (AvgIpc) is 2.36. The van der Waals surface area contributed by atoms with Gasteiger partial charge in [0.1, 0.15) is 11.6 Å².